The number of thiophene rings is 1. The molecular formula is C16H28N2S. The molecule has 1 fully saturated rings. The van der Waals surface area contributed by atoms with Crippen molar-refractivity contribution in [1.82, 2.24) is 10.2 Å². The number of hydrogen-bond donors (Lipinski definition) is 1. The fraction of sp³-hybridized carbons (Fsp3) is 0.750. The predicted octanol–water partition coefficient (Wildman–Crippen LogP) is 3.53. The summed E-state index contributed by atoms with van der Waals surface area (Å²) in [6.07, 6.45) is 3.62. The van der Waals surface area contributed by atoms with E-state index in [1.54, 1.807) is 0 Å². The van der Waals surface area contributed by atoms with Crippen molar-refractivity contribution in [2.45, 2.75) is 64.6 Å². The molecule has 2 rings (SSSR count). The normalized spacial score (nSPS) is 30.4. The van der Waals surface area contributed by atoms with E-state index in [-0.39, 0.29) is 5.54 Å². The lowest BCUT2D eigenvalue weighted by atomic mass is 9.91. The van der Waals surface area contributed by atoms with Gasteiger partial charge in [0.25, 0.3) is 0 Å². The van der Waals surface area contributed by atoms with Crippen LogP contribution in [0.25, 0.3) is 0 Å². The average molecular weight is 280 g/mol. The van der Waals surface area contributed by atoms with Crippen LogP contribution in [-0.2, 0) is 6.42 Å². The lowest BCUT2D eigenvalue weighted by Gasteiger charge is -2.48. The molecule has 108 valence electrons. The highest BCUT2D eigenvalue weighted by molar-refractivity contribution is 7.07. The van der Waals surface area contributed by atoms with Gasteiger partial charge in [0.1, 0.15) is 0 Å². The maximum Gasteiger partial charge on any atom is 0.0278 e. The van der Waals surface area contributed by atoms with Crippen molar-refractivity contribution < 1.29 is 0 Å². The molecule has 0 radical (unpaired) electrons. The van der Waals surface area contributed by atoms with Crippen LogP contribution >= 0.6 is 11.3 Å². The fourth-order valence-electron chi connectivity index (χ4n) is 3.07. The van der Waals surface area contributed by atoms with Crippen LogP contribution in [0.1, 0.15) is 46.1 Å². The maximum atomic E-state index is 3.75. The number of nitrogens with zero attached hydrogens (tertiary/aromatic N) is 1. The second kappa shape index (κ2) is 6.38. The Morgan fingerprint density at radius 1 is 1.53 bits per heavy atom. The van der Waals surface area contributed by atoms with E-state index >= 15 is 0 Å². The lowest BCUT2D eigenvalue weighted by Crippen LogP contribution is -2.64. The summed E-state index contributed by atoms with van der Waals surface area (Å²) in [7, 11) is 0. The van der Waals surface area contributed by atoms with Gasteiger partial charge >= 0.3 is 0 Å². The zero-order chi connectivity index (χ0) is 13.9. The Bertz CT molecular complexity index is 376. The fourth-order valence-corrected chi connectivity index (χ4v) is 3.75. The monoisotopic (exact) mass is 280 g/mol. The Labute approximate surface area is 122 Å². The van der Waals surface area contributed by atoms with Crippen molar-refractivity contribution in [2.24, 2.45) is 0 Å². The van der Waals surface area contributed by atoms with Gasteiger partial charge in [-0.05, 0) is 55.5 Å². The largest absolute Gasteiger partial charge is 0.309 e. The minimum atomic E-state index is 0.286. The molecule has 0 saturated carbocycles. The van der Waals surface area contributed by atoms with Crippen LogP contribution in [0.4, 0.5) is 0 Å². The van der Waals surface area contributed by atoms with Gasteiger partial charge < -0.3 is 5.32 Å². The average Bonchev–Trinajstić information content (AvgIpc) is 2.91. The van der Waals surface area contributed by atoms with Crippen LogP contribution in [0.15, 0.2) is 16.8 Å². The maximum absolute atomic E-state index is 3.75. The van der Waals surface area contributed by atoms with Crippen molar-refractivity contribution in [3.63, 3.8) is 0 Å². The first-order valence-corrected chi connectivity index (χ1v) is 8.54. The zero-order valence-electron chi connectivity index (χ0n) is 12.8. The molecule has 1 aliphatic heterocycles. The summed E-state index contributed by atoms with van der Waals surface area (Å²) in [4.78, 5) is 2.73. The van der Waals surface area contributed by atoms with E-state index in [1.807, 2.05) is 11.3 Å². The van der Waals surface area contributed by atoms with Gasteiger partial charge in [0, 0.05) is 30.7 Å². The first kappa shape index (κ1) is 15.0. The second-order valence-electron chi connectivity index (χ2n) is 6.21. The first-order valence-electron chi connectivity index (χ1n) is 7.60. The predicted molar refractivity (Wildman–Crippen MR) is 85.0 cm³/mol. The smallest absolute Gasteiger partial charge is 0.0278 e. The first-order chi connectivity index (χ1) is 9.08. The molecule has 1 aromatic heterocycles. The van der Waals surface area contributed by atoms with Gasteiger partial charge in [-0.25, -0.2) is 0 Å². The molecule has 3 heteroatoms. The molecule has 0 spiro atoms. The standard InChI is InChI=1S/C16H28N2S/c1-5-15-10-17-16(4,6-2)12-18(15)13(3)9-14-7-8-19-11-14/h7-8,11,13,15,17H,5-6,9-10,12H2,1-4H3. The summed E-state index contributed by atoms with van der Waals surface area (Å²) in [6, 6.07) is 3.59. The van der Waals surface area contributed by atoms with Crippen LogP contribution in [0, 0.1) is 0 Å². The number of hydrogen-bond acceptors (Lipinski definition) is 3. The Morgan fingerprint density at radius 3 is 2.89 bits per heavy atom. The minimum Gasteiger partial charge on any atom is -0.309 e. The molecule has 1 saturated heterocycles. The molecule has 0 amide bonds. The van der Waals surface area contributed by atoms with Gasteiger partial charge in [-0.1, -0.05) is 13.8 Å². The van der Waals surface area contributed by atoms with E-state index in [9.17, 15) is 0 Å². The molecule has 1 aliphatic rings. The van der Waals surface area contributed by atoms with E-state index in [1.165, 1.54) is 31.4 Å². The van der Waals surface area contributed by atoms with E-state index in [0.29, 0.717) is 12.1 Å². The molecular weight excluding hydrogens is 252 g/mol. The highest BCUT2D eigenvalue weighted by Crippen LogP contribution is 2.24. The Balaban J connectivity index is 2.05. The van der Waals surface area contributed by atoms with Crippen molar-refractivity contribution in [2.75, 3.05) is 13.1 Å². The third-order valence-corrected chi connectivity index (χ3v) is 5.43. The molecule has 1 N–H and O–H groups in total. The molecule has 19 heavy (non-hydrogen) atoms. The van der Waals surface area contributed by atoms with E-state index in [0.717, 1.165) is 6.54 Å². The van der Waals surface area contributed by atoms with Crippen molar-refractivity contribution in [3.8, 4) is 0 Å². The molecule has 2 heterocycles. The van der Waals surface area contributed by atoms with Gasteiger partial charge in [-0.3, -0.25) is 4.90 Å². The zero-order valence-corrected chi connectivity index (χ0v) is 13.6. The Morgan fingerprint density at radius 2 is 2.32 bits per heavy atom. The molecule has 0 aromatic carbocycles. The minimum absolute atomic E-state index is 0.286. The lowest BCUT2D eigenvalue weighted by molar-refractivity contribution is 0.0499. The summed E-state index contributed by atoms with van der Waals surface area (Å²) >= 11 is 1.81. The Kier molecular flexibility index (Phi) is 5.04. The van der Waals surface area contributed by atoms with Crippen LogP contribution in [0.5, 0.6) is 0 Å². The number of piperazine rings is 1. The van der Waals surface area contributed by atoms with Crippen LogP contribution in [0.3, 0.4) is 0 Å². The quantitative estimate of drug-likeness (QED) is 0.887. The van der Waals surface area contributed by atoms with Crippen molar-refractivity contribution in [3.05, 3.63) is 22.4 Å². The molecule has 0 bridgehead atoms. The summed E-state index contributed by atoms with van der Waals surface area (Å²) in [5.74, 6) is 0. The molecule has 3 unspecified atom stereocenters. The van der Waals surface area contributed by atoms with Gasteiger partial charge in [-0.15, -0.1) is 0 Å². The van der Waals surface area contributed by atoms with Crippen LogP contribution in [-0.4, -0.2) is 35.6 Å². The van der Waals surface area contributed by atoms with E-state index in [2.05, 4.69) is 54.7 Å². The highest BCUT2D eigenvalue weighted by Gasteiger charge is 2.35. The molecule has 3 atom stereocenters. The van der Waals surface area contributed by atoms with Gasteiger partial charge in [0.05, 0.1) is 0 Å². The molecule has 0 aliphatic carbocycles. The number of rotatable bonds is 5. The summed E-state index contributed by atoms with van der Waals surface area (Å²) in [6.45, 7) is 11.7. The van der Waals surface area contributed by atoms with Gasteiger partial charge in [0.2, 0.25) is 0 Å². The Hall–Kier alpha value is -0.380. The van der Waals surface area contributed by atoms with Gasteiger partial charge in [0.15, 0.2) is 0 Å². The third-order valence-electron chi connectivity index (χ3n) is 4.69. The summed E-state index contributed by atoms with van der Waals surface area (Å²) < 4.78 is 0. The van der Waals surface area contributed by atoms with Crippen LogP contribution < -0.4 is 5.32 Å². The highest BCUT2D eigenvalue weighted by atomic mass is 32.1. The van der Waals surface area contributed by atoms with Crippen LogP contribution in [0.2, 0.25) is 0 Å². The van der Waals surface area contributed by atoms with Crippen molar-refractivity contribution in [1.29, 1.82) is 0 Å². The number of nitrogens with one attached hydrogen (secondary N) is 1. The SMILES string of the molecule is CCC1CNC(C)(CC)CN1C(C)Cc1ccsc1. The van der Waals surface area contributed by atoms with Crippen molar-refractivity contribution >= 4 is 11.3 Å². The topological polar surface area (TPSA) is 15.3 Å². The van der Waals surface area contributed by atoms with Gasteiger partial charge in [-0.2, -0.15) is 11.3 Å². The third kappa shape index (κ3) is 3.59. The van der Waals surface area contributed by atoms with E-state index < -0.39 is 0 Å². The summed E-state index contributed by atoms with van der Waals surface area (Å²) in [5, 5.41) is 8.23. The van der Waals surface area contributed by atoms with E-state index in [4.69, 9.17) is 0 Å². The molecule has 1 aromatic rings. The second-order valence-corrected chi connectivity index (χ2v) is 6.99. The molecule has 2 nitrogen and oxygen atoms in total. The summed E-state index contributed by atoms with van der Waals surface area (Å²) in [5.41, 5.74) is 1.78.